The van der Waals surface area contributed by atoms with Crippen LogP contribution in [0.3, 0.4) is 0 Å². The molecule has 0 aromatic carbocycles. The molecular formula is C5H3I2N. The summed E-state index contributed by atoms with van der Waals surface area (Å²) in [4.78, 5) is 3.93. The Bertz CT molecular complexity index is 167. The average Bonchev–Trinajstić information content (AvgIpc) is 1.77. The first-order valence-corrected chi connectivity index (χ1v) is 4.21. The highest BCUT2D eigenvalue weighted by Gasteiger charge is 1.89. The van der Waals surface area contributed by atoms with Gasteiger partial charge in [0.25, 0.3) is 0 Å². The van der Waals surface area contributed by atoms with E-state index in [-0.39, 0.29) is 0 Å². The molecule has 0 atom stereocenters. The molecule has 0 fully saturated rings. The van der Waals surface area contributed by atoms with Crippen LogP contribution in [-0.2, 0) is 0 Å². The van der Waals surface area contributed by atoms with Crippen molar-refractivity contribution in [1.82, 2.24) is 4.98 Å². The summed E-state index contributed by atoms with van der Waals surface area (Å²) in [5, 5.41) is 0. The van der Waals surface area contributed by atoms with Gasteiger partial charge in [-0.1, -0.05) is 0 Å². The number of pyridine rings is 1. The van der Waals surface area contributed by atoms with Crippen LogP contribution in [-0.4, -0.2) is 4.98 Å². The molecule has 8 heavy (non-hydrogen) atoms. The van der Waals surface area contributed by atoms with Gasteiger partial charge in [0.1, 0.15) is 0 Å². The predicted octanol–water partition coefficient (Wildman–Crippen LogP) is 2.29. The third-order valence-corrected chi connectivity index (χ3v) is 3.56. The maximum atomic E-state index is 3.93. The van der Waals surface area contributed by atoms with Gasteiger partial charge >= 0.3 is 0 Å². The minimum atomic E-state index is 1.21. The van der Waals surface area contributed by atoms with E-state index in [0.717, 1.165) is 0 Å². The molecule has 1 aromatic rings. The number of hydrogen-bond donors (Lipinski definition) is 0. The molecule has 0 aliphatic carbocycles. The first-order valence-electron chi connectivity index (χ1n) is 2.06. The number of hydrogen-bond acceptors (Lipinski definition) is 1. The van der Waals surface area contributed by atoms with Gasteiger partial charge in [-0.15, -0.1) is 0 Å². The Hall–Kier alpha value is 0.610. The van der Waals surface area contributed by atoms with Crippen molar-refractivity contribution in [2.75, 3.05) is 0 Å². The second-order valence-electron chi connectivity index (χ2n) is 1.29. The monoisotopic (exact) mass is 331 g/mol. The third-order valence-electron chi connectivity index (χ3n) is 0.723. The molecule has 0 spiro atoms. The summed E-state index contributed by atoms with van der Waals surface area (Å²) in [5.74, 6) is 0. The molecule has 0 N–H and O–H groups in total. The van der Waals surface area contributed by atoms with Gasteiger partial charge in [0.05, 0.1) is 0 Å². The summed E-state index contributed by atoms with van der Waals surface area (Å²) in [5.41, 5.74) is 0. The van der Waals surface area contributed by atoms with Crippen molar-refractivity contribution in [3.63, 3.8) is 0 Å². The summed E-state index contributed by atoms with van der Waals surface area (Å²) < 4.78 is 2.48. The Labute approximate surface area is 75.2 Å². The van der Waals surface area contributed by atoms with E-state index in [2.05, 4.69) is 50.2 Å². The number of aromatic nitrogens is 1. The Balaban J connectivity index is 3.13. The first-order chi connectivity index (χ1) is 3.80. The second kappa shape index (κ2) is 2.95. The minimum absolute atomic E-state index is 1.21. The largest absolute Gasteiger partial charge is 0.264 e. The summed E-state index contributed by atoms with van der Waals surface area (Å²) in [7, 11) is 0. The average molecular weight is 331 g/mol. The van der Waals surface area contributed by atoms with E-state index in [1.807, 2.05) is 12.3 Å². The van der Waals surface area contributed by atoms with Crippen LogP contribution in [0.25, 0.3) is 0 Å². The molecule has 0 aliphatic rings. The molecule has 42 valence electrons. The van der Waals surface area contributed by atoms with Crippen LogP contribution in [0.5, 0.6) is 0 Å². The number of nitrogens with zero attached hydrogens (tertiary/aromatic N) is 1. The molecule has 1 aromatic heterocycles. The van der Waals surface area contributed by atoms with Gasteiger partial charge in [0.15, 0.2) is 0 Å². The molecular weight excluding hydrogens is 328 g/mol. The lowest BCUT2D eigenvalue weighted by molar-refractivity contribution is 1.29. The fraction of sp³-hybridized carbons (Fsp3) is 0. The van der Waals surface area contributed by atoms with E-state index in [4.69, 9.17) is 0 Å². The van der Waals surface area contributed by atoms with Crippen LogP contribution in [0.1, 0.15) is 0 Å². The van der Waals surface area contributed by atoms with Crippen molar-refractivity contribution in [1.29, 1.82) is 0 Å². The van der Waals surface area contributed by atoms with E-state index in [9.17, 15) is 0 Å². The number of halogens is 2. The van der Waals surface area contributed by atoms with Gasteiger partial charge in [0, 0.05) is 19.5 Å². The van der Waals surface area contributed by atoms with Crippen LogP contribution >= 0.6 is 45.2 Å². The van der Waals surface area contributed by atoms with E-state index in [1.54, 1.807) is 6.20 Å². The maximum Gasteiger partial charge on any atom is 0.0447 e. The van der Waals surface area contributed by atoms with Gasteiger partial charge in [-0.25, -0.2) is 0 Å². The minimum Gasteiger partial charge on any atom is -0.264 e. The van der Waals surface area contributed by atoms with E-state index in [1.165, 1.54) is 7.14 Å². The van der Waals surface area contributed by atoms with Crippen LogP contribution in [0.15, 0.2) is 18.5 Å². The van der Waals surface area contributed by atoms with E-state index in [0.29, 0.717) is 0 Å². The number of rotatable bonds is 0. The summed E-state index contributed by atoms with van der Waals surface area (Å²) in [6.45, 7) is 0. The molecule has 0 bridgehead atoms. The second-order valence-corrected chi connectivity index (χ2v) is 3.61. The van der Waals surface area contributed by atoms with Crippen LogP contribution in [0.4, 0.5) is 0 Å². The topological polar surface area (TPSA) is 12.9 Å². The summed E-state index contributed by atoms with van der Waals surface area (Å²) in [6.07, 6.45) is 3.65. The first kappa shape index (κ1) is 6.73. The van der Waals surface area contributed by atoms with Gasteiger partial charge in [-0.2, -0.15) is 0 Å². The molecule has 0 radical (unpaired) electrons. The van der Waals surface area contributed by atoms with E-state index >= 15 is 0 Å². The van der Waals surface area contributed by atoms with Gasteiger partial charge in [-0.05, 0) is 51.2 Å². The highest BCUT2D eigenvalue weighted by Crippen LogP contribution is 2.10. The summed E-state index contributed by atoms with van der Waals surface area (Å²) in [6, 6.07) is 1.99. The predicted molar refractivity (Wildman–Crippen MR) is 49.7 cm³/mol. The highest BCUT2D eigenvalue weighted by molar-refractivity contribution is 14.1. The summed E-state index contributed by atoms with van der Waals surface area (Å²) >= 11 is 4.53. The maximum absolute atomic E-state index is 3.93. The van der Waals surface area contributed by atoms with Crippen molar-refractivity contribution in [3.05, 3.63) is 25.6 Å². The molecule has 0 aliphatic heterocycles. The Kier molecular flexibility index (Phi) is 2.48. The standard InChI is InChI=1S/C5H3I2N/c6-4-1-2-8-3-5(4)7/h1-3H. The smallest absolute Gasteiger partial charge is 0.0447 e. The van der Waals surface area contributed by atoms with Gasteiger partial charge in [-0.3, -0.25) is 4.98 Å². The molecule has 1 nitrogen and oxygen atoms in total. The lowest BCUT2D eigenvalue weighted by atomic mass is 10.5. The van der Waals surface area contributed by atoms with Crippen LogP contribution in [0.2, 0.25) is 0 Å². The Morgan fingerprint density at radius 1 is 1.25 bits per heavy atom. The van der Waals surface area contributed by atoms with Gasteiger partial charge < -0.3 is 0 Å². The normalized spacial score (nSPS) is 9.25. The zero-order chi connectivity index (χ0) is 5.98. The van der Waals surface area contributed by atoms with Crippen molar-refractivity contribution in [2.24, 2.45) is 0 Å². The van der Waals surface area contributed by atoms with Gasteiger partial charge in [0.2, 0.25) is 0 Å². The highest BCUT2D eigenvalue weighted by atomic mass is 127. The van der Waals surface area contributed by atoms with Crippen molar-refractivity contribution in [3.8, 4) is 0 Å². The fourth-order valence-corrected chi connectivity index (χ4v) is 0.999. The third kappa shape index (κ3) is 1.54. The Morgan fingerprint density at radius 2 is 2.00 bits per heavy atom. The lowest BCUT2D eigenvalue weighted by Crippen LogP contribution is -1.77. The molecule has 1 heterocycles. The Morgan fingerprint density at radius 3 is 2.38 bits per heavy atom. The molecule has 1 rings (SSSR count). The molecule has 0 saturated heterocycles. The van der Waals surface area contributed by atoms with Crippen molar-refractivity contribution >= 4 is 45.2 Å². The SMILES string of the molecule is Ic1ccncc1I. The van der Waals surface area contributed by atoms with Crippen molar-refractivity contribution < 1.29 is 0 Å². The molecule has 0 saturated carbocycles. The van der Waals surface area contributed by atoms with Crippen LogP contribution < -0.4 is 0 Å². The zero-order valence-electron chi connectivity index (χ0n) is 3.94. The molecule has 3 heteroatoms. The fourth-order valence-electron chi connectivity index (χ4n) is 0.358. The van der Waals surface area contributed by atoms with E-state index < -0.39 is 0 Å². The zero-order valence-corrected chi connectivity index (χ0v) is 8.25. The van der Waals surface area contributed by atoms with Crippen LogP contribution in [0, 0.1) is 7.14 Å². The quantitative estimate of drug-likeness (QED) is 0.665. The lowest BCUT2D eigenvalue weighted by Gasteiger charge is -1.88. The molecule has 0 unspecified atom stereocenters. The van der Waals surface area contributed by atoms with Crippen molar-refractivity contribution in [2.45, 2.75) is 0 Å². The molecule has 0 amide bonds.